The molecule has 5 nitrogen and oxygen atoms in total. The Morgan fingerprint density at radius 2 is 1.89 bits per heavy atom. The van der Waals surface area contributed by atoms with Gasteiger partial charge in [0, 0.05) is 45.3 Å². The monoisotopic (exact) mass is 393 g/mol. The summed E-state index contributed by atoms with van der Waals surface area (Å²) in [7, 11) is 1.62. The van der Waals surface area contributed by atoms with Gasteiger partial charge < -0.3 is 9.64 Å². The Morgan fingerprint density at radius 1 is 1.07 bits per heavy atom. The molecule has 150 valence electrons. The van der Waals surface area contributed by atoms with E-state index in [0.29, 0.717) is 38.2 Å². The lowest BCUT2D eigenvalue weighted by atomic mass is 10.2. The second-order valence-electron chi connectivity index (χ2n) is 6.74. The van der Waals surface area contributed by atoms with Crippen molar-refractivity contribution in [3.05, 3.63) is 59.4 Å². The lowest BCUT2D eigenvalue weighted by Gasteiger charge is -2.22. The molecule has 0 atom stereocenters. The fraction of sp³-hybridized carbons (Fsp3) is 0.400. The van der Waals surface area contributed by atoms with E-state index in [-0.39, 0.29) is 12.5 Å². The molecule has 1 saturated heterocycles. The van der Waals surface area contributed by atoms with Crippen molar-refractivity contribution in [2.24, 2.45) is 0 Å². The number of carbonyl (C=O) groups is 1. The Balaban J connectivity index is 1.60. The number of ether oxygens (including phenoxy) is 1. The topological polar surface area (TPSA) is 45.7 Å². The number of hydrogen-bond acceptors (Lipinski definition) is 4. The highest BCUT2D eigenvalue weighted by Crippen LogP contribution is 2.27. The van der Waals surface area contributed by atoms with Crippen molar-refractivity contribution in [1.29, 1.82) is 0 Å². The minimum atomic E-state index is -4.46. The molecule has 0 aliphatic carbocycles. The third kappa shape index (κ3) is 5.22. The molecule has 1 fully saturated rings. The number of pyridine rings is 1. The molecule has 2 aromatic rings. The van der Waals surface area contributed by atoms with Gasteiger partial charge in [-0.3, -0.25) is 14.7 Å². The largest absolute Gasteiger partial charge is 0.497 e. The lowest BCUT2D eigenvalue weighted by Crippen LogP contribution is -2.32. The number of alkyl halides is 3. The number of rotatable bonds is 5. The molecular weight excluding hydrogens is 371 g/mol. The molecule has 0 spiro atoms. The Kier molecular flexibility index (Phi) is 6.18. The minimum Gasteiger partial charge on any atom is -0.497 e. The van der Waals surface area contributed by atoms with Crippen LogP contribution in [0.15, 0.2) is 42.6 Å². The van der Waals surface area contributed by atoms with Crippen LogP contribution >= 0.6 is 0 Å². The Hall–Kier alpha value is -2.61. The van der Waals surface area contributed by atoms with E-state index in [2.05, 4.69) is 9.88 Å². The standard InChI is InChI=1S/C20H22F3N3O2/c1-28-17-4-2-3-15(11-17)13-25-8-7-19(27)26(10-9-25)14-16-5-6-18(24-12-16)20(21,22)23/h2-6,11-12H,7-10,13-14H2,1H3. The molecule has 0 unspecified atom stereocenters. The van der Waals surface area contributed by atoms with Gasteiger partial charge in [0.05, 0.1) is 7.11 Å². The molecule has 1 aromatic heterocycles. The number of benzene rings is 1. The molecule has 1 aliphatic rings. The molecule has 1 aromatic carbocycles. The molecule has 3 rings (SSSR count). The Morgan fingerprint density at radius 3 is 2.57 bits per heavy atom. The third-order valence-electron chi connectivity index (χ3n) is 4.71. The van der Waals surface area contributed by atoms with E-state index in [9.17, 15) is 18.0 Å². The maximum atomic E-state index is 12.6. The van der Waals surface area contributed by atoms with Gasteiger partial charge in [-0.05, 0) is 29.3 Å². The van der Waals surface area contributed by atoms with E-state index in [4.69, 9.17) is 4.74 Å². The average Bonchev–Trinajstić information content (AvgIpc) is 2.84. The van der Waals surface area contributed by atoms with Gasteiger partial charge in [0.1, 0.15) is 11.4 Å². The maximum Gasteiger partial charge on any atom is 0.433 e. The minimum absolute atomic E-state index is 0.00644. The molecule has 0 saturated carbocycles. The summed E-state index contributed by atoms with van der Waals surface area (Å²) in [6.45, 7) is 2.82. The quantitative estimate of drug-likeness (QED) is 0.782. The zero-order valence-corrected chi connectivity index (χ0v) is 15.6. The summed E-state index contributed by atoms with van der Waals surface area (Å²) in [6.07, 6.45) is -2.90. The van der Waals surface area contributed by atoms with Crippen LogP contribution in [0.1, 0.15) is 23.2 Å². The lowest BCUT2D eigenvalue weighted by molar-refractivity contribution is -0.141. The van der Waals surface area contributed by atoms with Gasteiger partial charge in [-0.25, -0.2) is 0 Å². The molecule has 1 amide bonds. The van der Waals surface area contributed by atoms with E-state index >= 15 is 0 Å². The van der Waals surface area contributed by atoms with E-state index in [1.165, 1.54) is 12.3 Å². The Labute approximate surface area is 161 Å². The van der Waals surface area contributed by atoms with E-state index < -0.39 is 11.9 Å². The van der Waals surface area contributed by atoms with Crippen LogP contribution in [0.2, 0.25) is 0 Å². The van der Waals surface area contributed by atoms with Crippen LogP contribution in [0.5, 0.6) is 5.75 Å². The summed E-state index contributed by atoms with van der Waals surface area (Å²) >= 11 is 0. The molecular formula is C20H22F3N3O2. The first-order valence-corrected chi connectivity index (χ1v) is 9.00. The van der Waals surface area contributed by atoms with E-state index in [1.807, 2.05) is 24.3 Å². The molecule has 2 heterocycles. The first-order valence-electron chi connectivity index (χ1n) is 9.00. The van der Waals surface area contributed by atoms with Crippen molar-refractivity contribution < 1.29 is 22.7 Å². The zero-order valence-electron chi connectivity index (χ0n) is 15.6. The van der Waals surface area contributed by atoms with E-state index in [1.54, 1.807) is 12.0 Å². The van der Waals surface area contributed by atoms with Crippen molar-refractivity contribution in [2.45, 2.75) is 25.7 Å². The van der Waals surface area contributed by atoms with Crippen LogP contribution in [0.4, 0.5) is 13.2 Å². The smallest absolute Gasteiger partial charge is 0.433 e. The van der Waals surface area contributed by atoms with Crippen molar-refractivity contribution >= 4 is 5.91 Å². The van der Waals surface area contributed by atoms with Crippen LogP contribution in [0.3, 0.4) is 0 Å². The highest BCUT2D eigenvalue weighted by Gasteiger charge is 2.32. The molecule has 1 aliphatic heterocycles. The van der Waals surface area contributed by atoms with Crippen molar-refractivity contribution in [3.63, 3.8) is 0 Å². The molecule has 0 bridgehead atoms. The van der Waals surface area contributed by atoms with Gasteiger partial charge in [-0.15, -0.1) is 0 Å². The van der Waals surface area contributed by atoms with E-state index in [0.717, 1.165) is 17.4 Å². The predicted molar refractivity (Wildman–Crippen MR) is 97.5 cm³/mol. The molecule has 0 radical (unpaired) electrons. The highest BCUT2D eigenvalue weighted by atomic mass is 19.4. The van der Waals surface area contributed by atoms with Crippen molar-refractivity contribution in [1.82, 2.24) is 14.8 Å². The number of amides is 1. The SMILES string of the molecule is COc1cccc(CN2CCC(=O)N(Cc3ccc(C(F)(F)F)nc3)CC2)c1. The zero-order chi connectivity index (χ0) is 20.1. The second kappa shape index (κ2) is 8.60. The summed E-state index contributed by atoms with van der Waals surface area (Å²) in [6, 6.07) is 10.1. The maximum absolute atomic E-state index is 12.6. The number of nitrogens with zero attached hydrogens (tertiary/aromatic N) is 3. The van der Waals surface area contributed by atoms with Crippen LogP contribution in [-0.2, 0) is 24.1 Å². The van der Waals surface area contributed by atoms with Gasteiger partial charge in [-0.1, -0.05) is 18.2 Å². The number of halogens is 3. The summed E-state index contributed by atoms with van der Waals surface area (Å²) in [5.41, 5.74) is 0.762. The number of carbonyl (C=O) groups excluding carboxylic acids is 1. The summed E-state index contributed by atoms with van der Waals surface area (Å²) in [5.74, 6) is 0.785. The van der Waals surface area contributed by atoms with Crippen molar-refractivity contribution in [2.75, 3.05) is 26.7 Å². The number of aromatic nitrogens is 1. The number of methoxy groups -OCH3 is 1. The fourth-order valence-electron chi connectivity index (χ4n) is 3.17. The summed E-state index contributed by atoms with van der Waals surface area (Å²) in [5, 5.41) is 0. The Bertz CT molecular complexity index is 809. The van der Waals surface area contributed by atoms with Crippen LogP contribution in [0, 0.1) is 0 Å². The fourth-order valence-corrected chi connectivity index (χ4v) is 3.17. The van der Waals surface area contributed by atoms with Gasteiger partial charge in [0.2, 0.25) is 5.91 Å². The number of hydrogen-bond donors (Lipinski definition) is 0. The van der Waals surface area contributed by atoms with Crippen LogP contribution < -0.4 is 4.74 Å². The first kappa shape index (κ1) is 20.1. The third-order valence-corrected chi connectivity index (χ3v) is 4.71. The normalized spacial score (nSPS) is 16.1. The van der Waals surface area contributed by atoms with Gasteiger partial charge >= 0.3 is 6.18 Å². The summed E-state index contributed by atoms with van der Waals surface area (Å²) < 4.78 is 43.1. The van der Waals surface area contributed by atoms with Gasteiger partial charge in [0.15, 0.2) is 0 Å². The molecule has 8 heteroatoms. The molecule has 0 N–H and O–H groups in total. The average molecular weight is 393 g/mol. The second-order valence-corrected chi connectivity index (χ2v) is 6.74. The highest BCUT2D eigenvalue weighted by molar-refractivity contribution is 5.76. The van der Waals surface area contributed by atoms with Gasteiger partial charge in [-0.2, -0.15) is 13.2 Å². The molecule has 28 heavy (non-hydrogen) atoms. The van der Waals surface area contributed by atoms with Gasteiger partial charge in [0.25, 0.3) is 0 Å². The van der Waals surface area contributed by atoms with Crippen LogP contribution in [0.25, 0.3) is 0 Å². The predicted octanol–water partition coefficient (Wildman–Crippen LogP) is 3.34. The first-order chi connectivity index (χ1) is 13.3. The van der Waals surface area contributed by atoms with Crippen molar-refractivity contribution in [3.8, 4) is 5.75 Å². The van der Waals surface area contributed by atoms with Crippen LogP contribution in [-0.4, -0.2) is 47.4 Å². The summed E-state index contributed by atoms with van der Waals surface area (Å²) in [4.78, 5) is 19.8.